The summed E-state index contributed by atoms with van der Waals surface area (Å²) in [6, 6.07) is 8.97. The van der Waals surface area contributed by atoms with Crippen molar-refractivity contribution in [1.82, 2.24) is 5.32 Å². The monoisotopic (exact) mass is 317 g/mol. The maximum Gasteiger partial charge on any atom is 0.338 e. The molecule has 1 amide bonds. The van der Waals surface area contributed by atoms with Crippen molar-refractivity contribution in [3.63, 3.8) is 0 Å². The average molecular weight is 317 g/mol. The number of benzene rings is 1. The second-order valence-corrected chi connectivity index (χ2v) is 6.14. The summed E-state index contributed by atoms with van der Waals surface area (Å²) in [5.74, 6) is 0.128. The number of rotatable bonds is 4. The Hall–Kier alpha value is -2.36. The van der Waals surface area contributed by atoms with Crippen LogP contribution in [-0.2, 0) is 9.59 Å². The van der Waals surface area contributed by atoms with Crippen molar-refractivity contribution in [2.45, 2.75) is 46.6 Å². The van der Waals surface area contributed by atoms with E-state index < -0.39 is 0 Å². The summed E-state index contributed by atoms with van der Waals surface area (Å²) in [5, 5.41) is 2.78. The van der Waals surface area contributed by atoms with Crippen LogP contribution < -0.4 is 10.1 Å². The molecule has 0 bridgehead atoms. The Balaban J connectivity index is 0.000000438. The Labute approximate surface area is 139 Å². The molecule has 1 aromatic carbocycles. The van der Waals surface area contributed by atoms with Crippen molar-refractivity contribution in [2.75, 3.05) is 0 Å². The van der Waals surface area contributed by atoms with Crippen molar-refractivity contribution >= 4 is 11.9 Å². The lowest BCUT2D eigenvalue weighted by molar-refractivity contribution is -0.130. The van der Waals surface area contributed by atoms with Gasteiger partial charge >= 0.3 is 5.97 Å². The molecule has 0 radical (unpaired) electrons. The molecule has 126 valence electrons. The smallest absolute Gasteiger partial charge is 0.338 e. The number of hydrogen-bond acceptors (Lipinski definition) is 3. The highest BCUT2D eigenvalue weighted by atomic mass is 16.5. The van der Waals surface area contributed by atoms with Crippen LogP contribution in [0.15, 0.2) is 54.6 Å². The summed E-state index contributed by atoms with van der Waals surface area (Å²) in [7, 11) is 0. The predicted molar refractivity (Wildman–Crippen MR) is 94.2 cm³/mol. The van der Waals surface area contributed by atoms with Crippen LogP contribution in [0.2, 0.25) is 0 Å². The first-order valence-electron chi connectivity index (χ1n) is 7.49. The van der Waals surface area contributed by atoms with E-state index in [0.29, 0.717) is 23.3 Å². The van der Waals surface area contributed by atoms with E-state index >= 15 is 0 Å². The van der Waals surface area contributed by atoms with Gasteiger partial charge in [-0.25, -0.2) is 4.79 Å². The molecule has 0 aliphatic rings. The van der Waals surface area contributed by atoms with Crippen LogP contribution in [0.25, 0.3) is 0 Å². The second-order valence-electron chi connectivity index (χ2n) is 6.14. The number of carbonyl (C=O) groups is 2. The van der Waals surface area contributed by atoms with E-state index in [-0.39, 0.29) is 17.4 Å². The molecular weight excluding hydrogens is 290 g/mol. The summed E-state index contributed by atoms with van der Waals surface area (Å²) < 4.78 is 5.03. The third kappa shape index (κ3) is 10.1. The van der Waals surface area contributed by atoms with Crippen molar-refractivity contribution in [3.8, 4) is 5.75 Å². The number of nitrogens with one attached hydrogen (secondary N) is 1. The first kappa shape index (κ1) is 20.6. The zero-order valence-electron chi connectivity index (χ0n) is 14.7. The van der Waals surface area contributed by atoms with Crippen LogP contribution in [0.1, 0.15) is 41.0 Å². The number of para-hydroxylation sites is 1. The van der Waals surface area contributed by atoms with Gasteiger partial charge in [0.2, 0.25) is 5.91 Å². The van der Waals surface area contributed by atoms with Gasteiger partial charge in [0.1, 0.15) is 5.75 Å². The Morgan fingerprint density at radius 1 is 1.13 bits per heavy atom. The minimum absolute atomic E-state index is 0.0764. The quantitative estimate of drug-likeness (QED) is 0.518. The molecule has 0 aliphatic heterocycles. The number of amides is 1. The van der Waals surface area contributed by atoms with Crippen molar-refractivity contribution in [1.29, 1.82) is 0 Å². The standard InChI is InChI=1S/C11H12O2.C8H15NO/c1-3-9(2)11(12)13-10-7-5-4-6-8-10;1-6(2)7(10)9-8(3,4)5/h4-8H,2-3H2,1H3;1H2,2-5H3,(H,9,10). The lowest BCUT2D eigenvalue weighted by atomic mass is 10.1. The largest absolute Gasteiger partial charge is 0.423 e. The normalized spacial score (nSPS) is 9.96. The summed E-state index contributed by atoms with van der Waals surface area (Å²) in [4.78, 5) is 22.2. The summed E-state index contributed by atoms with van der Waals surface area (Å²) in [6.07, 6.45) is 0.617. The van der Waals surface area contributed by atoms with E-state index in [1.165, 1.54) is 0 Å². The van der Waals surface area contributed by atoms with E-state index in [1.54, 1.807) is 19.1 Å². The van der Waals surface area contributed by atoms with Gasteiger partial charge in [-0.3, -0.25) is 4.79 Å². The molecule has 1 N–H and O–H groups in total. The molecule has 1 rings (SSSR count). The molecule has 0 unspecified atom stereocenters. The SMILES string of the molecule is C=C(C)C(=O)NC(C)(C)C.C=C(CC)C(=O)Oc1ccccc1. The van der Waals surface area contributed by atoms with E-state index in [0.717, 1.165) is 0 Å². The van der Waals surface area contributed by atoms with Gasteiger partial charge < -0.3 is 10.1 Å². The molecule has 0 fully saturated rings. The number of hydrogen-bond donors (Lipinski definition) is 1. The predicted octanol–water partition coefficient (Wildman–Crippen LogP) is 4.04. The Morgan fingerprint density at radius 3 is 2.00 bits per heavy atom. The van der Waals surface area contributed by atoms with Crippen LogP contribution in [0, 0.1) is 0 Å². The minimum atomic E-state index is -0.353. The Bertz CT molecular complexity index is 554. The fraction of sp³-hybridized carbons (Fsp3) is 0.368. The Morgan fingerprint density at radius 2 is 1.65 bits per heavy atom. The zero-order chi connectivity index (χ0) is 18.0. The molecule has 4 heteroatoms. The first-order valence-corrected chi connectivity index (χ1v) is 7.49. The van der Waals surface area contributed by atoms with Gasteiger partial charge in [-0.05, 0) is 46.2 Å². The van der Waals surface area contributed by atoms with Crippen LogP contribution in [0.4, 0.5) is 0 Å². The van der Waals surface area contributed by atoms with E-state index in [1.807, 2.05) is 45.9 Å². The molecule has 0 aromatic heterocycles. The molecule has 1 aromatic rings. The van der Waals surface area contributed by atoms with Gasteiger partial charge in [-0.1, -0.05) is 38.3 Å². The van der Waals surface area contributed by atoms with E-state index in [9.17, 15) is 9.59 Å². The summed E-state index contributed by atoms with van der Waals surface area (Å²) in [5.41, 5.74) is 0.884. The third-order valence-corrected chi connectivity index (χ3v) is 2.55. The first-order chi connectivity index (χ1) is 10.6. The topological polar surface area (TPSA) is 55.4 Å². The highest BCUT2D eigenvalue weighted by molar-refractivity contribution is 5.92. The van der Waals surface area contributed by atoms with Gasteiger partial charge in [0, 0.05) is 16.7 Å². The molecule has 0 saturated carbocycles. The molecule has 0 saturated heterocycles. The highest BCUT2D eigenvalue weighted by Crippen LogP contribution is 2.11. The number of esters is 1. The molecule has 0 atom stereocenters. The lowest BCUT2D eigenvalue weighted by Gasteiger charge is -2.20. The fourth-order valence-corrected chi connectivity index (χ4v) is 1.26. The van der Waals surface area contributed by atoms with Crippen LogP contribution >= 0.6 is 0 Å². The van der Waals surface area contributed by atoms with Crippen LogP contribution in [0.3, 0.4) is 0 Å². The van der Waals surface area contributed by atoms with Crippen molar-refractivity contribution in [2.24, 2.45) is 0 Å². The van der Waals surface area contributed by atoms with Gasteiger partial charge in [-0.15, -0.1) is 0 Å². The number of carbonyl (C=O) groups excluding carboxylic acids is 2. The maximum atomic E-state index is 11.2. The highest BCUT2D eigenvalue weighted by Gasteiger charge is 2.13. The number of ether oxygens (including phenoxy) is 1. The summed E-state index contributed by atoms with van der Waals surface area (Å²) >= 11 is 0. The molecular formula is C19H27NO3. The third-order valence-electron chi connectivity index (χ3n) is 2.55. The molecule has 0 heterocycles. The van der Waals surface area contributed by atoms with E-state index in [2.05, 4.69) is 18.5 Å². The van der Waals surface area contributed by atoms with E-state index in [4.69, 9.17) is 4.74 Å². The Kier molecular flexibility index (Phi) is 8.63. The average Bonchev–Trinajstić information content (AvgIpc) is 2.46. The van der Waals surface area contributed by atoms with Crippen LogP contribution in [0.5, 0.6) is 5.75 Å². The lowest BCUT2D eigenvalue weighted by Crippen LogP contribution is -2.40. The van der Waals surface area contributed by atoms with Crippen LogP contribution in [-0.4, -0.2) is 17.4 Å². The molecule has 0 spiro atoms. The molecule has 0 aliphatic carbocycles. The van der Waals surface area contributed by atoms with Gasteiger partial charge in [-0.2, -0.15) is 0 Å². The molecule has 4 nitrogen and oxygen atoms in total. The molecule has 23 heavy (non-hydrogen) atoms. The summed E-state index contributed by atoms with van der Waals surface area (Å²) in [6.45, 7) is 16.5. The maximum absolute atomic E-state index is 11.2. The van der Waals surface area contributed by atoms with Gasteiger partial charge in [0.05, 0.1) is 0 Å². The van der Waals surface area contributed by atoms with Crippen molar-refractivity contribution < 1.29 is 14.3 Å². The minimum Gasteiger partial charge on any atom is -0.423 e. The fourth-order valence-electron chi connectivity index (χ4n) is 1.26. The van der Waals surface area contributed by atoms with Crippen molar-refractivity contribution in [3.05, 3.63) is 54.6 Å². The zero-order valence-corrected chi connectivity index (χ0v) is 14.7. The van der Waals surface area contributed by atoms with Gasteiger partial charge in [0.25, 0.3) is 0 Å². The second kappa shape index (κ2) is 9.62. The van der Waals surface area contributed by atoms with Gasteiger partial charge in [0.15, 0.2) is 0 Å².